The molecule has 4 aromatic rings. The Morgan fingerprint density at radius 1 is 1.11 bits per heavy atom. The first-order chi connectivity index (χ1) is 21.1. The van der Waals surface area contributed by atoms with Gasteiger partial charge in [0.15, 0.2) is 11.6 Å². The third kappa shape index (κ3) is 6.68. The normalized spacial score (nSPS) is 13.2. The SMILES string of the molecule is COc1ccc(CN2CCN(c3ccn(-c4cc(C)nc(Nc5ccc(C#N)cc5OC(F)(F)F)c4CCO)n3)C2=O)cc1. The first kappa shape index (κ1) is 30.2. The number of carbonyl (C=O) groups is 1. The molecule has 1 fully saturated rings. The van der Waals surface area contributed by atoms with Crippen LogP contribution in [0.15, 0.2) is 60.8 Å². The van der Waals surface area contributed by atoms with Gasteiger partial charge in [-0.15, -0.1) is 18.3 Å². The summed E-state index contributed by atoms with van der Waals surface area (Å²) in [5.41, 5.74) is 2.34. The number of aryl methyl sites for hydroxylation is 1. The molecule has 1 aliphatic rings. The highest BCUT2D eigenvalue weighted by Crippen LogP contribution is 2.35. The number of nitrogens with zero attached hydrogens (tertiary/aromatic N) is 6. The molecule has 0 bridgehead atoms. The van der Waals surface area contributed by atoms with Crippen molar-refractivity contribution in [3.63, 3.8) is 0 Å². The van der Waals surface area contributed by atoms with Gasteiger partial charge >= 0.3 is 12.4 Å². The number of methoxy groups -OCH3 is 1. The third-order valence-electron chi connectivity index (χ3n) is 6.91. The number of nitriles is 1. The topological polar surface area (TPSA) is 129 Å². The molecule has 11 nitrogen and oxygen atoms in total. The highest BCUT2D eigenvalue weighted by molar-refractivity contribution is 5.93. The fourth-order valence-corrected chi connectivity index (χ4v) is 4.87. The van der Waals surface area contributed by atoms with Crippen LogP contribution in [0, 0.1) is 18.3 Å². The van der Waals surface area contributed by atoms with Crippen LogP contribution in [0.2, 0.25) is 0 Å². The molecule has 2 aromatic carbocycles. The van der Waals surface area contributed by atoms with E-state index in [9.17, 15) is 23.1 Å². The third-order valence-corrected chi connectivity index (χ3v) is 6.91. The van der Waals surface area contributed by atoms with Crippen LogP contribution >= 0.6 is 0 Å². The van der Waals surface area contributed by atoms with Crippen LogP contribution in [-0.4, -0.2) is 64.0 Å². The Balaban J connectivity index is 1.42. The van der Waals surface area contributed by atoms with E-state index < -0.39 is 12.1 Å². The number of benzene rings is 2. The molecule has 0 atom stereocenters. The maximum Gasteiger partial charge on any atom is 0.573 e. The van der Waals surface area contributed by atoms with Gasteiger partial charge in [0, 0.05) is 62.2 Å². The smallest absolute Gasteiger partial charge is 0.497 e. The number of amides is 2. The van der Waals surface area contributed by atoms with Crippen molar-refractivity contribution in [2.24, 2.45) is 0 Å². The molecule has 228 valence electrons. The molecule has 44 heavy (non-hydrogen) atoms. The van der Waals surface area contributed by atoms with Crippen LogP contribution in [-0.2, 0) is 13.0 Å². The van der Waals surface area contributed by atoms with E-state index in [1.807, 2.05) is 24.3 Å². The molecule has 0 unspecified atom stereocenters. The lowest BCUT2D eigenvalue weighted by atomic mass is 10.1. The molecule has 0 aliphatic carbocycles. The number of aliphatic hydroxyl groups excluding tert-OH is 1. The summed E-state index contributed by atoms with van der Waals surface area (Å²) < 4.78 is 50.3. The van der Waals surface area contributed by atoms with Gasteiger partial charge in [0.25, 0.3) is 0 Å². The fourth-order valence-electron chi connectivity index (χ4n) is 4.87. The minimum absolute atomic E-state index is 0.0219. The Kier molecular flexibility index (Phi) is 8.59. The number of nitrogens with one attached hydrogen (secondary N) is 1. The number of alkyl halides is 3. The van der Waals surface area contributed by atoms with E-state index in [0.29, 0.717) is 42.4 Å². The summed E-state index contributed by atoms with van der Waals surface area (Å²) in [6.07, 6.45) is -3.25. The Hall–Kier alpha value is -5.29. The van der Waals surface area contributed by atoms with Crippen LogP contribution < -0.4 is 19.7 Å². The first-order valence-electron chi connectivity index (χ1n) is 13.5. The van der Waals surface area contributed by atoms with Gasteiger partial charge in [0.2, 0.25) is 0 Å². The van der Waals surface area contributed by atoms with Crippen LogP contribution in [0.5, 0.6) is 11.5 Å². The largest absolute Gasteiger partial charge is 0.573 e. The molecule has 1 aliphatic heterocycles. The van der Waals surface area contributed by atoms with E-state index in [1.54, 1.807) is 48.2 Å². The summed E-state index contributed by atoms with van der Waals surface area (Å²) in [6, 6.07) is 16.1. The van der Waals surface area contributed by atoms with Crippen molar-refractivity contribution in [1.82, 2.24) is 19.7 Å². The second-order valence-corrected chi connectivity index (χ2v) is 9.90. The van der Waals surface area contributed by atoms with E-state index in [-0.39, 0.29) is 36.1 Å². The number of hydrogen-bond donors (Lipinski definition) is 2. The van der Waals surface area contributed by atoms with Gasteiger partial charge < -0.3 is 24.8 Å². The Morgan fingerprint density at radius 2 is 1.89 bits per heavy atom. The maximum absolute atomic E-state index is 13.2. The van der Waals surface area contributed by atoms with Crippen LogP contribution in [0.4, 0.5) is 35.3 Å². The minimum atomic E-state index is -4.99. The lowest BCUT2D eigenvalue weighted by molar-refractivity contribution is -0.274. The molecule has 2 N–H and O–H groups in total. The number of pyridine rings is 1. The molecule has 14 heteroatoms. The molecular formula is C30H28F3N7O4. The zero-order valence-corrected chi connectivity index (χ0v) is 23.8. The number of aromatic nitrogens is 3. The Labute approximate surface area is 250 Å². The summed E-state index contributed by atoms with van der Waals surface area (Å²) >= 11 is 0. The molecule has 2 aromatic heterocycles. The average Bonchev–Trinajstić information content (AvgIpc) is 3.61. The number of aliphatic hydroxyl groups is 1. The van der Waals surface area contributed by atoms with E-state index >= 15 is 0 Å². The summed E-state index contributed by atoms with van der Waals surface area (Å²) in [7, 11) is 1.59. The fraction of sp³-hybridized carbons (Fsp3) is 0.267. The van der Waals surface area contributed by atoms with Gasteiger partial charge in [0.05, 0.1) is 30.1 Å². The molecular weight excluding hydrogens is 579 g/mol. The monoisotopic (exact) mass is 607 g/mol. The second-order valence-electron chi connectivity index (χ2n) is 9.90. The van der Waals surface area contributed by atoms with Crippen molar-refractivity contribution in [2.75, 3.05) is 37.0 Å². The lowest BCUT2D eigenvalue weighted by Gasteiger charge is -2.19. The highest BCUT2D eigenvalue weighted by Gasteiger charge is 2.33. The summed E-state index contributed by atoms with van der Waals surface area (Å²) in [5, 5.41) is 26.5. The van der Waals surface area contributed by atoms with Crippen molar-refractivity contribution in [3.8, 4) is 23.3 Å². The quantitative estimate of drug-likeness (QED) is 0.256. The Bertz CT molecular complexity index is 1700. The van der Waals surface area contributed by atoms with Crippen LogP contribution in [0.3, 0.4) is 0 Å². The van der Waals surface area contributed by atoms with Gasteiger partial charge in [-0.25, -0.2) is 14.5 Å². The standard InChI is InChI=1S/C30H28F3N7O4/c1-19-15-25(23(10-14-41)28(35-19)36-24-8-5-21(17-34)16-26(24)44-30(31,32)33)40-11-9-27(37-40)39-13-12-38(29(39)42)18-20-3-6-22(43-2)7-4-20/h3-9,11,15-16,41H,10,12-14,18H2,1-2H3,(H,35,36). The van der Waals surface area contributed by atoms with E-state index in [1.165, 1.54) is 16.8 Å². The van der Waals surface area contributed by atoms with Gasteiger partial charge in [-0.05, 0) is 42.8 Å². The molecule has 0 spiro atoms. The highest BCUT2D eigenvalue weighted by atomic mass is 19.4. The zero-order valence-electron chi connectivity index (χ0n) is 23.8. The summed E-state index contributed by atoms with van der Waals surface area (Å²) in [6.45, 7) is 2.77. The van der Waals surface area contributed by atoms with E-state index in [4.69, 9.17) is 10.00 Å². The van der Waals surface area contributed by atoms with Crippen molar-refractivity contribution in [3.05, 3.63) is 83.2 Å². The lowest BCUT2D eigenvalue weighted by Crippen LogP contribution is -2.31. The van der Waals surface area contributed by atoms with Crippen molar-refractivity contribution in [1.29, 1.82) is 5.26 Å². The number of hydrogen-bond acceptors (Lipinski definition) is 8. The van der Waals surface area contributed by atoms with Crippen molar-refractivity contribution in [2.45, 2.75) is 26.3 Å². The number of anilines is 3. The number of rotatable bonds is 10. The molecule has 5 rings (SSSR count). The average molecular weight is 608 g/mol. The van der Waals surface area contributed by atoms with Crippen LogP contribution in [0.25, 0.3) is 5.69 Å². The second kappa shape index (κ2) is 12.5. The van der Waals surface area contributed by atoms with E-state index in [2.05, 4.69) is 20.1 Å². The zero-order chi connectivity index (χ0) is 31.4. The molecule has 1 saturated heterocycles. The maximum atomic E-state index is 13.2. The summed E-state index contributed by atoms with van der Waals surface area (Å²) in [5.74, 6) is 0.709. The molecule has 0 saturated carbocycles. The van der Waals surface area contributed by atoms with Crippen molar-refractivity contribution >= 4 is 23.4 Å². The van der Waals surface area contributed by atoms with Gasteiger partial charge in [-0.3, -0.25) is 4.90 Å². The predicted octanol–water partition coefficient (Wildman–Crippen LogP) is 5.08. The minimum Gasteiger partial charge on any atom is -0.497 e. The number of halogens is 3. The van der Waals surface area contributed by atoms with Crippen molar-refractivity contribution < 1.29 is 32.5 Å². The predicted molar refractivity (Wildman–Crippen MR) is 154 cm³/mol. The van der Waals surface area contributed by atoms with Gasteiger partial charge in [-0.1, -0.05) is 12.1 Å². The number of carbonyl (C=O) groups excluding carboxylic acids is 1. The molecule has 3 heterocycles. The first-order valence-corrected chi connectivity index (χ1v) is 13.5. The Morgan fingerprint density at radius 3 is 2.57 bits per heavy atom. The molecule has 2 amide bonds. The van der Waals surface area contributed by atoms with Gasteiger partial charge in [-0.2, -0.15) is 5.26 Å². The summed E-state index contributed by atoms with van der Waals surface area (Å²) in [4.78, 5) is 21.0. The van der Waals surface area contributed by atoms with Crippen LogP contribution in [0.1, 0.15) is 22.4 Å². The number of urea groups is 1. The van der Waals surface area contributed by atoms with E-state index in [0.717, 1.165) is 17.4 Å². The number of ether oxygens (including phenoxy) is 2. The molecule has 0 radical (unpaired) electrons. The van der Waals surface area contributed by atoms with Gasteiger partial charge in [0.1, 0.15) is 11.6 Å².